The van der Waals surface area contributed by atoms with Gasteiger partial charge in [0.2, 0.25) is 0 Å². The number of halogens is 1. The minimum absolute atomic E-state index is 0.0269. The smallest absolute Gasteiger partial charge is 0.229 e. The molecular formula is C9H13ClN2O2S3. The third kappa shape index (κ3) is 3.35. The fourth-order valence-electron chi connectivity index (χ4n) is 1.71. The van der Waals surface area contributed by atoms with Crippen molar-refractivity contribution in [1.82, 2.24) is 9.71 Å². The second-order valence-corrected chi connectivity index (χ2v) is 8.52. The molecule has 0 radical (unpaired) electrons. The van der Waals surface area contributed by atoms with Gasteiger partial charge < -0.3 is 0 Å². The summed E-state index contributed by atoms with van der Waals surface area (Å²) in [5.41, 5.74) is 0.468. The van der Waals surface area contributed by atoms with Crippen molar-refractivity contribution in [3.05, 3.63) is 10.2 Å². The fourth-order valence-corrected chi connectivity index (χ4v) is 5.91. The summed E-state index contributed by atoms with van der Waals surface area (Å²) >= 11 is 8.52. The highest BCUT2D eigenvalue weighted by Crippen LogP contribution is 2.27. The van der Waals surface area contributed by atoms with Gasteiger partial charge in [-0.05, 0) is 25.5 Å². The van der Waals surface area contributed by atoms with Crippen LogP contribution in [0, 0.1) is 6.92 Å². The van der Waals surface area contributed by atoms with E-state index in [1.807, 2.05) is 0 Å². The van der Waals surface area contributed by atoms with E-state index in [-0.39, 0.29) is 14.7 Å². The van der Waals surface area contributed by atoms with E-state index in [1.54, 1.807) is 18.7 Å². The lowest BCUT2D eigenvalue weighted by molar-refractivity contribution is 0.544. The molecule has 1 aromatic heterocycles. The number of thiazole rings is 1. The maximum Gasteiger partial charge on any atom is 0.252 e. The Kier molecular flexibility index (Phi) is 4.35. The number of rotatable bonds is 3. The Balaban J connectivity index is 2.15. The molecule has 17 heavy (non-hydrogen) atoms. The van der Waals surface area contributed by atoms with Crippen LogP contribution >= 0.6 is 34.7 Å². The molecule has 1 aliphatic heterocycles. The number of hydrogen-bond acceptors (Lipinski definition) is 5. The molecule has 1 N–H and O–H groups in total. The van der Waals surface area contributed by atoms with E-state index in [2.05, 4.69) is 9.71 Å². The van der Waals surface area contributed by atoms with Crippen molar-refractivity contribution in [3.8, 4) is 0 Å². The van der Waals surface area contributed by atoms with Crippen LogP contribution in [0.2, 0.25) is 4.47 Å². The number of hydrogen-bond donors (Lipinski definition) is 1. The summed E-state index contributed by atoms with van der Waals surface area (Å²) in [6, 6.07) is 0.0269. The molecule has 0 aromatic carbocycles. The standard InChI is InChI=1S/C9H13ClN2O2S3/c1-6-8(16-9(10)11-6)17(13,14)12-7-3-2-4-15-5-7/h7,12H,2-5H2,1H3. The first-order chi connectivity index (χ1) is 7.99. The Labute approximate surface area is 114 Å². The summed E-state index contributed by atoms with van der Waals surface area (Å²) in [7, 11) is -3.46. The van der Waals surface area contributed by atoms with Gasteiger partial charge in [0.15, 0.2) is 8.68 Å². The summed E-state index contributed by atoms with van der Waals surface area (Å²) in [5, 5.41) is 0. The largest absolute Gasteiger partial charge is 0.252 e. The molecule has 1 fully saturated rings. The van der Waals surface area contributed by atoms with Crippen LogP contribution in [0.3, 0.4) is 0 Å². The van der Waals surface area contributed by atoms with Crippen LogP contribution in [-0.4, -0.2) is 30.9 Å². The molecule has 1 saturated heterocycles. The topological polar surface area (TPSA) is 59.1 Å². The predicted octanol–water partition coefficient (Wildman–Crippen LogP) is 2.28. The van der Waals surface area contributed by atoms with Crippen LogP contribution < -0.4 is 4.72 Å². The van der Waals surface area contributed by atoms with Crippen LogP contribution in [0.15, 0.2) is 4.21 Å². The van der Waals surface area contributed by atoms with Crippen LogP contribution in [0.5, 0.6) is 0 Å². The highest BCUT2D eigenvalue weighted by atomic mass is 35.5. The van der Waals surface area contributed by atoms with E-state index < -0.39 is 10.0 Å². The first-order valence-electron chi connectivity index (χ1n) is 5.22. The SMILES string of the molecule is Cc1nc(Cl)sc1S(=O)(=O)NC1CCCSC1. The quantitative estimate of drug-likeness (QED) is 0.930. The Morgan fingerprint density at radius 3 is 2.82 bits per heavy atom. The van der Waals surface area contributed by atoms with Gasteiger partial charge in [-0.3, -0.25) is 0 Å². The van der Waals surface area contributed by atoms with Gasteiger partial charge in [0.05, 0.1) is 5.69 Å². The molecule has 0 bridgehead atoms. The zero-order valence-corrected chi connectivity index (χ0v) is 12.5. The van der Waals surface area contributed by atoms with Gasteiger partial charge in [-0.25, -0.2) is 18.1 Å². The van der Waals surface area contributed by atoms with E-state index in [0.717, 1.165) is 35.7 Å². The molecule has 2 rings (SSSR count). The molecule has 0 spiro atoms. The Morgan fingerprint density at radius 1 is 1.53 bits per heavy atom. The first-order valence-corrected chi connectivity index (χ1v) is 9.05. The van der Waals surface area contributed by atoms with Crippen molar-refractivity contribution in [2.24, 2.45) is 0 Å². The van der Waals surface area contributed by atoms with Crippen LogP contribution in [0.25, 0.3) is 0 Å². The molecule has 8 heteroatoms. The lowest BCUT2D eigenvalue weighted by Crippen LogP contribution is -2.38. The molecule has 1 aliphatic rings. The van der Waals surface area contributed by atoms with Gasteiger partial charge in [-0.1, -0.05) is 22.9 Å². The molecule has 1 atom stereocenters. The second-order valence-electron chi connectivity index (χ2n) is 3.88. The van der Waals surface area contributed by atoms with E-state index in [1.165, 1.54) is 0 Å². The molecule has 1 unspecified atom stereocenters. The zero-order valence-electron chi connectivity index (χ0n) is 9.27. The Hall–Kier alpha value is 0.180. The van der Waals surface area contributed by atoms with Crippen LogP contribution in [0.1, 0.15) is 18.5 Å². The minimum Gasteiger partial charge on any atom is -0.229 e. The van der Waals surface area contributed by atoms with E-state index in [0.29, 0.717) is 5.69 Å². The average molecular weight is 313 g/mol. The number of aryl methyl sites for hydroxylation is 1. The fraction of sp³-hybridized carbons (Fsp3) is 0.667. The third-order valence-corrected chi connectivity index (χ3v) is 7.06. The predicted molar refractivity (Wildman–Crippen MR) is 72.5 cm³/mol. The number of sulfonamides is 1. The maximum atomic E-state index is 12.1. The van der Waals surface area contributed by atoms with Gasteiger partial charge in [-0.15, -0.1) is 0 Å². The summed E-state index contributed by atoms with van der Waals surface area (Å²) in [6.07, 6.45) is 1.96. The average Bonchev–Trinajstić information content (AvgIpc) is 2.59. The second kappa shape index (κ2) is 5.44. The van der Waals surface area contributed by atoms with E-state index in [4.69, 9.17) is 11.6 Å². The molecule has 96 valence electrons. The van der Waals surface area contributed by atoms with Crippen molar-refractivity contribution < 1.29 is 8.42 Å². The monoisotopic (exact) mass is 312 g/mol. The molecule has 2 heterocycles. The van der Waals surface area contributed by atoms with Crippen molar-refractivity contribution in [2.45, 2.75) is 30.0 Å². The summed E-state index contributed by atoms with van der Waals surface area (Å²) in [5.74, 6) is 1.95. The lowest BCUT2D eigenvalue weighted by atomic mass is 10.2. The molecule has 4 nitrogen and oxygen atoms in total. The molecule has 0 aliphatic carbocycles. The molecular weight excluding hydrogens is 300 g/mol. The van der Waals surface area contributed by atoms with Crippen molar-refractivity contribution in [1.29, 1.82) is 0 Å². The summed E-state index contributed by atoms with van der Waals surface area (Å²) in [4.78, 5) is 3.93. The summed E-state index contributed by atoms with van der Waals surface area (Å²) < 4.78 is 27.5. The van der Waals surface area contributed by atoms with E-state index in [9.17, 15) is 8.42 Å². The number of thioether (sulfide) groups is 1. The molecule has 0 amide bonds. The van der Waals surface area contributed by atoms with Crippen molar-refractivity contribution >= 4 is 44.7 Å². The Morgan fingerprint density at radius 2 is 2.29 bits per heavy atom. The van der Waals surface area contributed by atoms with Crippen LogP contribution in [0.4, 0.5) is 0 Å². The first kappa shape index (κ1) is 13.6. The number of aromatic nitrogens is 1. The third-order valence-electron chi connectivity index (χ3n) is 2.45. The minimum atomic E-state index is -3.46. The molecule has 1 aromatic rings. The van der Waals surface area contributed by atoms with Crippen molar-refractivity contribution in [3.63, 3.8) is 0 Å². The normalized spacial score (nSPS) is 21.6. The molecule has 0 saturated carbocycles. The van der Waals surface area contributed by atoms with Crippen molar-refractivity contribution in [2.75, 3.05) is 11.5 Å². The van der Waals surface area contributed by atoms with Gasteiger partial charge in [0.1, 0.15) is 0 Å². The Bertz CT molecular complexity index is 494. The lowest BCUT2D eigenvalue weighted by Gasteiger charge is -2.21. The van der Waals surface area contributed by atoms with Gasteiger partial charge >= 0.3 is 0 Å². The maximum absolute atomic E-state index is 12.1. The highest BCUT2D eigenvalue weighted by molar-refractivity contribution is 7.99. The van der Waals surface area contributed by atoms with Crippen LogP contribution in [-0.2, 0) is 10.0 Å². The zero-order chi connectivity index (χ0) is 12.5. The van der Waals surface area contributed by atoms with E-state index >= 15 is 0 Å². The highest BCUT2D eigenvalue weighted by Gasteiger charge is 2.25. The summed E-state index contributed by atoms with van der Waals surface area (Å²) in [6.45, 7) is 1.66. The van der Waals surface area contributed by atoms with Gasteiger partial charge in [-0.2, -0.15) is 11.8 Å². The van der Waals surface area contributed by atoms with Gasteiger partial charge in [0, 0.05) is 11.8 Å². The number of nitrogens with zero attached hydrogens (tertiary/aromatic N) is 1. The number of nitrogens with one attached hydrogen (secondary N) is 1. The van der Waals surface area contributed by atoms with Gasteiger partial charge in [0.25, 0.3) is 10.0 Å².